The topological polar surface area (TPSA) is 29.3 Å². The maximum Gasteiger partial charge on any atom is 0.272 e. The molecule has 1 aliphatic rings. The van der Waals surface area contributed by atoms with Crippen LogP contribution < -0.4 is 5.73 Å². The Labute approximate surface area is 84.4 Å². The summed E-state index contributed by atoms with van der Waals surface area (Å²) < 4.78 is 26.0. The third kappa shape index (κ3) is 3.50. The Morgan fingerprint density at radius 3 is 2.21 bits per heavy atom. The number of halogens is 2. The molecule has 0 amide bonds. The highest BCUT2D eigenvalue weighted by molar-refractivity contribution is 4.80. The van der Waals surface area contributed by atoms with Crippen LogP contribution in [0.4, 0.5) is 8.78 Å². The monoisotopic (exact) mass is 206 g/mol. The van der Waals surface area contributed by atoms with Crippen molar-refractivity contribution >= 4 is 0 Å². The van der Waals surface area contributed by atoms with Crippen LogP contribution in [0, 0.1) is 11.8 Å². The molecule has 1 aliphatic heterocycles. The molecule has 0 aromatic rings. The standard InChI is InChI=1S/C10H20F2N2/c1-8-3-9(2)5-14(4-8)7-10(11,12)6-13/h8-9H,3-7,13H2,1-2H3. The molecule has 0 spiro atoms. The van der Waals surface area contributed by atoms with Crippen LogP contribution >= 0.6 is 0 Å². The fraction of sp³-hybridized carbons (Fsp3) is 1.00. The maximum absolute atomic E-state index is 13.0. The predicted molar refractivity (Wildman–Crippen MR) is 53.4 cm³/mol. The van der Waals surface area contributed by atoms with E-state index < -0.39 is 12.5 Å². The first-order valence-corrected chi connectivity index (χ1v) is 5.23. The third-order valence-corrected chi connectivity index (χ3v) is 2.70. The quantitative estimate of drug-likeness (QED) is 0.759. The largest absolute Gasteiger partial charge is 0.325 e. The Balaban J connectivity index is 2.44. The normalized spacial score (nSPS) is 30.6. The van der Waals surface area contributed by atoms with Gasteiger partial charge in [-0.15, -0.1) is 0 Å². The van der Waals surface area contributed by atoms with Crippen LogP contribution in [0.15, 0.2) is 0 Å². The molecule has 0 radical (unpaired) electrons. The zero-order valence-electron chi connectivity index (χ0n) is 8.97. The van der Waals surface area contributed by atoms with Crippen molar-refractivity contribution in [1.82, 2.24) is 4.90 Å². The van der Waals surface area contributed by atoms with E-state index in [0.29, 0.717) is 11.8 Å². The first-order chi connectivity index (χ1) is 6.43. The third-order valence-electron chi connectivity index (χ3n) is 2.70. The molecule has 0 saturated carbocycles. The summed E-state index contributed by atoms with van der Waals surface area (Å²) >= 11 is 0. The Kier molecular flexibility index (Phi) is 3.84. The fourth-order valence-corrected chi connectivity index (χ4v) is 2.31. The number of hydrogen-bond acceptors (Lipinski definition) is 2. The molecule has 2 N–H and O–H groups in total. The maximum atomic E-state index is 13.0. The SMILES string of the molecule is CC1CC(C)CN(CC(F)(F)CN)C1. The van der Waals surface area contributed by atoms with Crippen molar-refractivity contribution in [3.05, 3.63) is 0 Å². The summed E-state index contributed by atoms with van der Waals surface area (Å²) in [5, 5.41) is 0. The molecule has 1 heterocycles. The van der Waals surface area contributed by atoms with E-state index in [1.807, 2.05) is 4.90 Å². The molecule has 14 heavy (non-hydrogen) atoms. The molecule has 0 aromatic carbocycles. The highest BCUT2D eigenvalue weighted by Gasteiger charge is 2.32. The van der Waals surface area contributed by atoms with Crippen LogP contribution in [-0.2, 0) is 0 Å². The van der Waals surface area contributed by atoms with Crippen molar-refractivity contribution in [2.45, 2.75) is 26.2 Å². The van der Waals surface area contributed by atoms with E-state index in [0.717, 1.165) is 19.5 Å². The lowest BCUT2D eigenvalue weighted by Gasteiger charge is -2.36. The minimum absolute atomic E-state index is 0.182. The molecule has 2 atom stereocenters. The van der Waals surface area contributed by atoms with Crippen LogP contribution in [0.2, 0.25) is 0 Å². The Morgan fingerprint density at radius 1 is 1.29 bits per heavy atom. The van der Waals surface area contributed by atoms with Crippen molar-refractivity contribution in [3.63, 3.8) is 0 Å². The van der Waals surface area contributed by atoms with Gasteiger partial charge in [0.2, 0.25) is 0 Å². The first kappa shape index (κ1) is 11.9. The van der Waals surface area contributed by atoms with Crippen LogP contribution in [0.5, 0.6) is 0 Å². The molecule has 0 bridgehead atoms. The van der Waals surface area contributed by atoms with Crippen molar-refractivity contribution in [2.24, 2.45) is 17.6 Å². The van der Waals surface area contributed by atoms with Gasteiger partial charge in [0.05, 0.1) is 13.1 Å². The van der Waals surface area contributed by atoms with Crippen LogP contribution in [0.1, 0.15) is 20.3 Å². The van der Waals surface area contributed by atoms with E-state index >= 15 is 0 Å². The minimum Gasteiger partial charge on any atom is -0.325 e. The average molecular weight is 206 g/mol. The molecule has 2 unspecified atom stereocenters. The molecule has 0 aliphatic carbocycles. The number of alkyl halides is 2. The Bertz CT molecular complexity index is 175. The van der Waals surface area contributed by atoms with Gasteiger partial charge >= 0.3 is 0 Å². The highest BCUT2D eigenvalue weighted by atomic mass is 19.3. The molecule has 1 fully saturated rings. The molecule has 0 aromatic heterocycles. The summed E-state index contributed by atoms with van der Waals surface area (Å²) in [6.07, 6.45) is 1.14. The minimum atomic E-state index is -2.73. The van der Waals surface area contributed by atoms with Gasteiger partial charge in [0.15, 0.2) is 0 Å². The van der Waals surface area contributed by atoms with E-state index in [4.69, 9.17) is 5.73 Å². The number of likely N-dealkylation sites (tertiary alicyclic amines) is 1. The average Bonchev–Trinajstić information content (AvgIpc) is 2.01. The van der Waals surface area contributed by atoms with E-state index in [1.54, 1.807) is 0 Å². The summed E-state index contributed by atoms with van der Waals surface area (Å²) in [6, 6.07) is 0. The second kappa shape index (κ2) is 4.53. The number of rotatable bonds is 3. The summed E-state index contributed by atoms with van der Waals surface area (Å²) in [4.78, 5) is 1.84. The molecular formula is C10H20F2N2. The van der Waals surface area contributed by atoms with Gasteiger partial charge in [-0.05, 0) is 18.3 Å². The lowest BCUT2D eigenvalue weighted by molar-refractivity contribution is -0.0371. The van der Waals surface area contributed by atoms with Gasteiger partial charge in [-0.1, -0.05) is 13.8 Å². The second-order valence-corrected chi connectivity index (χ2v) is 4.70. The first-order valence-electron chi connectivity index (χ1n) is 5.23. The smallest absolute Gasteiger partial charge is 0.272 e. The van der Waals surface area contributed by atoms with Crippen molar-refractivity contribution in [3.8, 4) is 0 Å². The van der Waals surface area contributed by atoms with Crippen LogP contribution in [0.25, 0.3) is 0 Å². The number of nitrogens with zero attached hydrogens (tertiary/aromatic N) is 1. The van der Waals surface area contributed by atoms with E-state index in [-0.39, 0.29) is 6.54 Å². The Hall–Kier alpha value is -0.220. The van der Waals surface area contributed by atoms with E-state index in [9.17, 15) is 8.78 Å². The molecule has 1 saturated heterocycles. The summed E-state index contributed by atoms with van der Waals surface area (Å²) in [7, 11) is 0. The highest BCUT2D eigenvalue weighted by Crippen LogP contribution is 2.23. The summed E-state index contributed by atoms with van der Waals surface area (Å²) in [5.74, 6) is -1.68. The summed E-state index contributed by atoms with van der Waals surface area (Å²) in [6.45, 7) is 5.05. The second-order valence-electron chi connectivity index (χ2n) is 4.70. The molecular weight excluding hydrogens is 186 g/mol. The summed E-state index contributed by atoms with van der Waals surface area (Å²) in [5.41, 5.74) is 5.02. The number of piperidine rings is 1. The molecule has 84 valence electrons. The van der Waals surface area contributed by atoms with Crippen molar-refractivity contribution in [2.75, 3.05) is 26.2 Å². The van der Waals surface area contributed by atoms with Crippen molar-refractivity contribution < 1.29 is 8.78 Å². The van der Waals surface area contributed by atoms with E-state index in [2.05, 4.69) is 13.8 Å². The lowest BCUT2D eigenvalue weighted by Crippen LogP contribution is -2.47. The lowest BCUT2D eigenvalue weighted by atomic mass is 9.92. The number of nitrogens with two attached hydrogens (primary N) is 1. The molecule has 1 rings (SSSR count). The zero-order chi connectivity index (χ0) is 10.8. The van der Waals surface area contributed by atoms with Crippen LogP contribution in [0.3, 0.4) is 0 Å². The van der Waals surface area contributed by atoms with Gasteiger partial charge in [-0.25, -0.2) is 8.78 Å². The Morgan fingerprint density at radius 2 is 1.79 bits per heavy atom. The molecule has 4 heteroatoms. The predicted octanol–water partition coefficient (Wildman–Crippen LogP) is 1.56. The molecule has 2 nitrogen and oxygen atoms in total. The number of hydrogen-bond donors (Lipinski definition) is 1. The van der Waals surface area contributed by atoms with E-state index in [1.165, 1.54) is 0 Å². The van der Waals surface area contributed by atoms with Crippen molar-refractivity contribution in [1.29, 1.82) is 0 Å². The van der Waals surface area contributed by atoms with Gasteiger partial charge in [-0.2, -0.15) is 0 Å². The fourth-order valence-electron chi connectivity index (χ4n) is 2.31. The van der Waals surface area contributed by atoms with Gasteiger partial charge in [0.1, 0.15) is 0 Å². The van der Waals surface area contributed by atoms with Gasteiger partial charge in [-0.3, -0.25) is 4.90 Å². The zero-order valence-corrected chi connectivity index (χ0v) is 8.97. The van der Waals surface area contributed by atoms with Crippen LogP contribution in [-0.4, -0.2) is 37.0 Å². The van der Waals surface area contributed by atoms with Gasteiger partial charge in [0.25, 0.3) is 5.92 Å². The van der Waals surface area contributed by atoms with Gasteiger partial charge < -0.3 is 5.73 Å². The van der Waals surface area contributed by atoms with Gasteiger partial charge in [0, 0.05) is 13.1 Å².